The van der Waals surface area contributed by atoms with E-state index >= 15 is 0 Å². The van der Waals surface area contributed by atoms with E-state index in [1.165, 1.54) is 10.9 Å². The van der Waals surface area contributed by atoms with E-state index in [9.17, 15) is 4.79 Å². The lowest BCUT2D eigenvalue weighted by atomic mass is 9.96. The Morgan fingerprint density at radius 1 is 1.45 bits per heavy atom. The van der Waals surface area contributed by atoms with Gasteiger partial charge in [0.2, 0.25) is 0 Å². The molecule has 0 radical (unpaired) electrons. The third kappa shape index (κ3) is 1.63. The summed E-state index contributed by atoms with van der Waals surface area (Å²) in [5, 5.41) is 7.15. The number of aromatic nitrogens is 3. The molecule has 0 amide bonds. The fourth-order valence-electron chi connectivity index (χ4n) is 0.660. The van der Waals surface area contributed by atoms with Crippen molar-refractivity contribution in [1.29, 1.82) is 0 Å². The zero-order valence-electron chi connectivity index (χ0n) is 6.90. The fourth-order valence-corrected chi connectivity index (χ4v) is 0.660. The minimum atomic E-state index is -0.395. The summed E-state index contributed by atoms with van der Waals surface area (Å²) in [6.07, 6.45) is 3.04. The van der Waals surface area contributed by atoms with Gasteiger partial charge in [0.25, 0.3) is 5.91 Å². The molecule has 0 saturated carbocycles. The van der Waals surface area contributed by atoms with Crippen LogP contribution in [0, 0.1) is 5.41 Å². The summed E-state index contributed by atoms with van der Waals surface area (Å²) in [4.78, 5) is 11.4. The molecule has 0 saturated heterocycles. The van der Waals surface area contributed by atoms with Crippen LogP contribution >= 0.6 is 0 Å². The van der Waals surface area contributed by atoms with Gasteiger partial charge >= 0.3 is 0 Å². The first-order chi connectivity index (χ1) is 5.02. The summed E-state index contributed by atoms with van der Waals surface area (Å²) in [6.45, 7) is 5.53. The zero-order chi connectivity index (χ0) is 8.48. The average molecular weight is 153 g/mol. The second-order valence-electron chi connectivity index (χ2n) is 3.40. The van der Waals surface area contributed by atoms with Gasteiger partial charge in [-0.2, -0.15) is 4.68 Å². The highest BCUT2D eigenvalue weighted by Crippen LogP contribution is 2.14. The minimum Gasteiger partial charge on any atom is -0.272 e. The van der Waals surface area contributed by atoms with Crippen molar-refractivity contribution in [2.24, 2.45) is 5.41 Å². The van der Waals surface area contributed by atoms with Crippen LogP contribution in [0.1, 0.15) is 25.6 Å². The van der Waals surface area contributed by atoms with E-state index in [-0.39, 0.29) is 5.91 Å². The molecule has 0 aliphatic carbocycles. The molecule has 0 N–H and O–H groups in total. The molecule has 0 unspecified atom stereocenters. The van der Waals surface area contributed by atoms with Crippen LogP contribution in [0.15, 0.2) is 12.4 Å². The van der Waals surface area contributed by atoms with Crippen molar-refractivity contribution < 1.29 is 4.79 Å². The van der Waals surface area contributed by atoms with Gasteiger partial charge in [0.05, 0.1) is 12.4 Å². The van der Waals surface area contributed by atoms with Crippen molar-refractivity contribution in [3.05, 3.63) is 12.4 Å². The van der Waals surface area contributed by atoms with Gasteiger partial charge < -0.3 is 0 Å². The maximum absolute atomic E-state index is 11.4. The Kier molecular flexibility index (Phi) is 1.76. The molecule has 60 valence electrons. The summed E-state index contributed by atoms with van der Waals surface area (Å²) in [7, 11) is 0. The van der Waals surface area contributed by atoms with Gasteiger partial charge in [-0.3, -0.25) is 4.79 Å². The van der Waals surface area contributed by atoms with Crippen molar-refractivity contribution in [3.63, 3.8) is 0 Å². The highest BCUT2D eigenvalue weighted by molar-refractivity contribution is 5.82. The van der Waals surface area contributed by atoms with E-state index in [1.807, 2.05) is 20.8 Å². The highest BCUT2D eigenvalue weighted by Gasteiger charge is 2.23. The maximum atomic E-state index is 11.4. The van der Waals surface area contributed by atoms with Crippen LogP contribution in [-0.4, -0.2) is 20.9 Å². The van der Waals surface area contributed by atoms with E-state index < -0.39 is 5.41 Å². The van der Waals surface area contributed by atoms with Gasteiger partial charge in [-0.25, -0.2) is 0 Å². The first kappa shape index (κ1) is 7.91. The van der Waals surface area contributed by atoms with Gasteiger partial charge in [0.1, 0.15) is 0 Å². The third-order valence-electron chi connectivity index (χ3n) is 1.27. The Morgan fingerprint density at radius 3 is 2.45 bits per heavy atom. The van der Waals surface area contributed by atoms with Crippen LogP contribution in [0.2, 0.25) is 0 Å². The molecule has 1 aromatic heterocycles. The standard InChI is InChI=1S/C7H11N3O/c1-7(2,3)6(11)10-5-4-8-9-10/h4-5H,1-3H3. The molecule has 1 heterocycles. The number of carbonyl (C=O) groups is 1. The number of carbonyl (C=O) groups excluding carboxylic acids is 1. The van der Waals surface area contributed by atoms with E-state index in [1.54, 1.807) is 6.20 Å². The maximum Gasteiger partial charge on any atom is 0.253 e. The molecular formula is C7H11N3O. The van der Waals surface area contributed by atoms with Crippen LogP contribution in [0.4, 0.5) is 0 Å². The van der Waals surface area contributed by atoms with Crippen molar-refractivity contribution in [2.45, 2.75) is 20.8 Å². The van der Waals surface area contributed by atoms with E-state index in [4.69, 9.17) is 0 Å². The van der Waals surface area contributed by atoms with Crippen LogP contribution < -0.4 is 0 Å². The molecule has 4 nitrogen and oxygen atoms in total. The molecular weight excluding hydrogens is 142 g/mol. The lowest BCUT2D eigenvalue weighted by Crippen LogP contribution is -2.27. The summed E-state index contributed by atoms with van der Waals surface area (Å²) < 4.78 is 1.25. The SMILES string of the molecule is CC(C)(C)C(=O)n1ccnn1. The summed E-state index contributed by atoms with van der Waals surface area (Å²) >= 11 is 0. The Balaban J connectivity index is 2.88. The molecule has 1 aromatic rings. The van der Waals surface area contributed by atoms with Crippen LogP contribution in [0.3, 0.4) is 0 Å². The molecule has 0 aliphatic heterocycles. The summed E-state index contributed by atoms with van der Waals surface area (Å²) in [5.41, 5.74) is -0.395. The normalized spacial score (nSPS) is 11.5. The van der Waals surface area contributed by atoms with Crippen LogP contribution in [0.5, 0.6) is 0 Å². The van der Waals surface area contributed by atoms with Crippen molar-refractivity contribution >= 4 is 5.91 Å². The predicted octanol–water partition coefficient (Wildman–Crippen LogP) is 0.964. The van der Waals surface area contributed by atoms with Crippen molar-refractivity contribution in [1.82, 2.24) is 15.0 Å². The molecule has 0 fully saturated rings. The lowest BCUT2D eigenvalue weighted by Gasteiger charge is -2.14. The molecule has 0 atom stereocenters. The monoisotopic (exact) mass is 153 g/mol. The molecule has 0 bridgehead atoms. The zero-order valence-corrected chi connectivity index (χ0v) is 6.90. The van der Waals surface area contributed by atoms with Crippen molar-refractivity contribution in [3.8, 4) is 0 Å². The number of hydrogen-bond donors (Lipinski definition) is 0. The molecule has 0 aromatic carbocycles. The molecule has 4 heteroatoms. The predicted molar refractivity (Wildman–Crippen MR) is 40.1 cm³/mol. The van der Waals surface area contributed by atoms with E-state index in [0.717, 1.165) is 0 Å². The van der Waals surface area contributed by atoms with Gasteiger partial charge in [-0.15, -0.1) is 5.10 Å². The highest BCUT2D eigenvalue weighted by atomic mass is 16.2. The third-order valence-corrected chi connectivity index (χ3v) is 1.27. The largest absolute Gasteiger partial charge is 0.272 e. The Labute approximate surface area is 65.2 Å². The first-order valence-electron chi connectivity index (χ1n) is 3.43. The Bertz CT molecular complexity index is 245. The molecule has 1 rings (SSSR count). The number of hydrogen-bond acceptors (Lipinski definition) is 3. The smallest absolute Gasteiger partial charge is 0.253 e. The average Bonchev–Trinajstić information content (AvgIpc) is 2.34. The van der Waals surface area contributed by atoms with Gasteiger partial charge in [-0.1, -0.05) is 26.0 Å². The summed E-state index contributed by atoms with van der Waals surface area (Å²) in [6, 6.07) is 0. The molecule has 0 aliphatic rings. The Morgan fingerprint density at radius 2 is 2.09 bits per heavy atom. The topological polar surface area (TPSA) is 47.8 Å². The molecule has 0 spiro atoms. The van der Waals surface area contributed by atoms with Crippen LogP contribution in [0.25, 0.3) is 0 Å². The van der Waals surface area contributed by atoms with Crippen LogP contribution in [-0.2, 0) is 0 Å². The quantitative estimate of drug-likeness (QED) is 0.557. The fraction of sp³-hybridized carbons (Fsp3) is 0.571. The van der Waals surface area contributed by atoms with Crippen molar-refractivity contribution in [2.75, 3.05) is 0 Å². The minimum absolute atomic E-state index is 0.0463. The second-order valence-corrected chi connectivity index (χ2v) is 3.40. The van der Waals surface area contributed by atoms with Gasteiger partial charge in [-0.05, 0) is 0 Å². The Hall–Kier alpha value is -1.19. The van der Waals surface area contributed by atoms with E-state index in [2.05, 4.69) is 10.3 Å². The number of nitrogens with zero attached hydrogens (tertiary/aromatic N) is 3. The lowest BCUT2D eigenvalue weighted by molar-refractivity contribution is 0.0746. The van der Waals surface area contributed by atoms with Gasteiger partial charge in [0, 0.05) is 5.41 Å². The first-order valence-corrected chi connectivity index (χ1v) is 3.43. The molecule has 11 heavy (non-hydrogen) atoms. The number of rotatable bonds is 0. The van der Waals surface area contributed by atoms with E-state index in [0.29, 0.717) is 0 Å². The summed E-state index contributed by atoms with van der Waals surface area (Å²) in [5.74, 6) is -0.0463. The van der Waals surface area contributed by atoms with Gasteiger partial charge in [0.15, 0.2) is 0 Å². The second kappa shape index (κ2) is 2.45.